The molecule has 2 aromatic carbocycles. The van der Waals surface area contributed by atoms with Crippen LogP contribution in [0.1, 0.15) is 35.3 Å². The number of aliphatic hydroxyl groups is 1. The van der Waals surface area contributed by atoms with Gasteiger partial charge in [-0.05, 0) is 46.5 Å². The molecule has 14 N–H and O–H groups in total. The van der Waals surface area contributed by atoms with Crippen molar-refractivity contribution in [3.8, 4) is 16.9 Å². The monoisotopic (exact) mass is 600 g/mol. The first kappa shape index (κ1) is 35.1. The second-order valence-corrected chi connectivity index (χ2v) is 10.1. The third kappa shape index (κ3) is 9.73. The minimum Gasteiger partial charge on any atom is -0.508 e. The summed E-state index contributed by atoms with van der Waals surface area (Å²) in [7, 11) is 0. The van der Waals surface area contributed by atoms with Crippen LogP contribution in [0, 0.1) is 0 Å². The van der Waals surface area contributed by atoms with E-state index in [0.29, 0.717) is 27.8 Å². The number of carbonyl (C=O) groups is 4. The predicted molar refractivity (Wildman–Crippen MR) is 163 cm³/mol. The van der Waals surface area contributed by atoms with Crippen molar-refractivity contribution >= 4 is 23.6 Å². The molecular formula is C29H44N8O6. The highest BCUT2D eigenvalue weighted by molar-refractivity contribution is 5.96. The number of hydrogen-bond acceptors (Lipinski definition) is 10. The van der Waals surface area contributed by atoms with E-state index < -0.39 is 42.0 Å². The van der Waals surface area contributed by atoms with Gasteiger partial charge >= 0.3 is 0 Å². The van der Waals surface area contributed by atoms with Gasteiger partial charge in [-0.3, -0.25) is 19.2 Å². The maximum atomic E-state index is 13.4. The molecule has 4 bridgehead atoms. The van der Waals surface area contributed by atoms with Crippen molar-refractivity contribution < 1.29 is 29.4 Å². The fraction of sp³-hybridized carbons (Fsp3) is 0.448. The summed E-state index contributed by atoms with van der Waals surface area (Å²) in [6, 6.07) is 6.22. The van der Waals surface area contributed by atoms with E-state index in [0.717, 1.165) is 0 Å². The number of rotatable bonds is 9. The Balaban J connectivity index is 0.00000645. The lowest BCUT2D eigenvalue weighted by Gasteiger charge is -2.25. The zero-order valence-electron chi connectivity index (χ0n) is 23.3. The third-order valence-corrected chi connectivity index (χ3v) is 6.80. The molecule has 3 rings (SSSR count). The molecule has 43 heavy (non-hydrogen) atoms. The van der Waals surface area contributed by atoms with Crippen LogP contribution in [0.15, 0.2) is 36.4 Å². The first-order chi connectivity index (χ1) is 20.1. The molecule has 0 aliphatic carbocycles. The van der Waals surface area contributed by atoms with E-state index in [2.05, 4.69) is 21.3 Å². The Labute approximate surface area is 250 Å². The van der Waals surface area contributed by atoms with Gasteiger partial charge in [0.1, 0.15) is 17.8 Å². The second kappa shape index (κ2) is 16.5. The first-order valence-electron chi connectivity index (χ1n) is 13.7. The minimum absolute atomic E-state index is 0. The lowest BCUT2D eigenvalue weighted by atomic mass is 9.93. The summed E-state index contributed by atoms with van der Waals surface area (Å²) in [5.74, 6) is -2.46. The quantitative estimate of drug-likeness (QED) is 0.145. The summed E-state index contributed by atoms with van der Waals surface area (Å²) >= 11 is 0. The topological polar surface area (TPSA) is 261 Å². The first-order valence-corrected chi connectivity index (χ1v) is 13.7. The zero-order valence-corrected chi connectivity index (χ0v) is 23.3. The number of nitrogens with one attached hydrogen (secondary N) is 4. The van der Waals surface area contributed by atoms with E-state index in [-0.39, 0.29) is 71.1 Å². The van der Waals surface area contributed by atoms with E-state index in [1.807, 2.05) is 0 Å². The number of hydrogen-bond donors (Lipinski definition) is 10. The van der Waals surface area contributed by atoms with Crippen molar-refractivity contribution in [3.05, 3.63) is 53.1 Å². The maximum absolute atomic E-state index is 13.4. The Hall–Kier alpha value is -4.08. The number of fused-ring (bicyclic) bond motifs is 5. The van der Waals surface area contributed by atoms with Gasteiger partial charge in [0.15, 0.2) is 0 Å². The lowest BCUT2D eigenvalue weighted by molar-refractivity contribution is -0.133. The van der Waals surface area contributed by atoms with Crippen LogP contribution in [0.2, 0.25) is 0 Å². The molecule has 0 spiro atoms. The summed E-state index contributed by atoms with van der Waals surface area (Å²) in [4.78, 5) is 52.6. The molecule has 0 saturated carbocycles. The molecule has 0 fully saturated rings. The van der Waals surface area contributed by atoms with E-state index >= 15 is 0 Å². The Morgan fingerprint density at radius 3 is 2.30 bits per heavy atom. The van der Waals surface area contributed by atoms with Crippen molar-refractivity contribution in [2.45, 2.75) is 50.9 Å². The van der Waals surface area contributed by atoms with Gasteiger partial charge in [-0.2, -0.15) is 0 Å². The van der Waals surface area contributed by atoms with Crippen LogP contribution < -0.4 is 44.2 Å². The normalized spacial score (nSPS) is 19.4. The van der Waals surface area contributed by atoms with Crippen LogP contribution in [0.4, 0.5) is 0 Å². The highest BCUT2D eigenvalue weighted by Crippen LogP contribution is 2.29. The van der Waals surface area contributed by atoms with Gasteiger partial charge in [-0.1, -0.05) is 19.6 Å². The summed E-state index contributed by atoms with van der Waals surface area (Å²) in [6.07, 6.45) is -1.47. The standard InChI is InChI=1S/C28H40N8O6.CH4/c29-3-5-33-25(39)19-8-15-7-17(11-19)16-1-2-24(38)18(10-16)12-21(32)26(40)35-23(13-20(37)14-31)28(42)36-22(9-15)27(41)34-6-4-30;/h1-2,7-8,10-11,20-23,37-38H,3-6,9,12-14,29-32H2,(H,33,39)(H,34,41)(H,35,40)(H,36,42);1H4/t20-,21+,22+,23+;/m1./s1. The van der Waals surface area contributed by atoms with Gasteiger partial charge in [-0.25, -0.2) is 0 Å². The second-order valence-electron chi connectivity index (χ2n) is 10.1. The molecule has 236 valence electrons. The Morgan fingerprint density at radius 1 is 0.930 bits per heavy atom. The van der Waals surface area contributed by atoms with Crippen molar-refractivity contribution in [2.75, 3.05) is 32.7 Å². The fourth-order valence-electron chi connectivity index (χ4n) is 4.57. The summed E-state index contributed by atoms with van der Waals surface area (Å²) in [6.45, 7) is 0.624. The molecule has 0 radical (unpaired) electrons. The number of nitrogens with two attached hydrogens (primary N) is 4. The van der Waals surface area contributed by atoms with Crippen LogP contribution in [0.25, 0.3) is 11.1 Å². The van der Waals surface area contributed by atoms with Crippen LogP contribution in [-0.2, 0) is 27.2 Å². The Kier molecular flexibility index (Phi) is 13.5. The molecule has 14 nitrogen and oxygen atoms in total. The molecule has 1 aliphatic rings. The molecule has 4 atom stereocenters. The van der Waals surface area contributed by atoms with Gasteiger partial charge in [-0.15, -0.1) is 0 Å². The van der Waals surface area contributed by atoms with Gasteiger partial charge < -0.3 is 54.4 Å². The average Bonchev–Trinajstić information content (AvgIpc) is 2.98. The number of aliphatic hydroxyl groups excluding tert-OH is 1. The highest BCUT2D eigenvalue weighted by atomic mass is 16.3. The SMILES string of the molecule is C.NCCNC(=O)c1cc2cc(c1)-c1ccc(O)c(c1)C[C@H](N)C(=O)N[C@@H](C[C@@H](O)CN)C(=O)N[C@H](C(=O)NCCN)C2. The van der Waals surface area contributed by atoms with Crippen molar-refractivity contribution in [1.29, 1.82) is 0 Å². The molecule has 0 unspecified atom stereocenters. The maximum Gasteiger partial charge on any atom is 0.251 e. The number of benzene rings is 2. The summed E-state index contributed by atoms with van der Waals surface area (Å²) in [5, 5.41) is 31.3. The van der Waals surface area contributed by atoms with Crippen molar-refractivity contribution in [3.63, 3.8) is 0 Å². The van der Waals surface area contributed by atoms with Crippen LogP contribution in [-0.4, -0.2) is 90.8 Å². The number of phenols is 1. The lowest BCUT2D eigenvalue weighted by Crippen LogP contribution is -2.57. The van der Waals surface area contributed by atoms with Crippen LogP contribution >= 0.6 is 0 Å². The van der Waals surface area contributed by atoms with Crippen molar-refractivity contribution in [1.82, 2.24) is 21.3 Å². The zero-order chi connectivity index (χ0) is 30.8. The van der Waals surface area contributed by atoms with Crippen LogP contribution in [0.5, 0.6) is 5.75 Å². The van der Waals surface area contributed by atoms with E-state index in [1.165, 1.54) is 6.07 Å². The minimum atomic E-state index is -1.28. The van der Waals surface area contributed by atoms with Gasteiger partial charge in [0.25, 0.3) is 5.91 Å². The van der Waals surface area contributed by atoms with Gasteiger partial charge in [0.05, 0.1) is 12.1 Å². The smallest absolute Gasteiger partial charge is 0.251 e. The molecule has 14 heteroatoms. The number of aromatic hydroxyl groups is 1. The molecule has 1 aliphatic heterocycles. The Bertz CT molecular complexity index is 1290. The van der Waals surface area contributed by atoms with Gasteiger partial charge in [0, 0.05) is 57.5 Å². The molecule has 4 amide bonds. The largest absolute Gasteiger partial charge is 0.508 e. The van der Waals surface area contributed by atoms with E-state index in [1.54, 1.807) is 30.3 Å². The van der Waals surface area contributed by atoms with Crippen molar-refractivity contribution in [2.24, 2.45) is 22.9 Å². The number of amides is 4. The van der Waals surface area contributed by atoms with Crippen LogP contribution in [0.3, 0.4) is 0 Å². The Morgan fingerprint density at radius 2 is 1.63 bits per heavy atom. The number of phenolic OH excluding ortho intramolecular Hbond substituents is 1. The summed E-state index contributed by atoms with van der Waals surface area (Å²) in [5.41, 5.74) is 25.2. The molecular weight excluding hydrogens is 556 g/mol. The number of carbonyl (C=O) groups excluding carboxylic acids is 4. The fourth-order valence-corrected chi connectivity index (χ4v) is 4.57. The average molecular weight is 601 g/mol. The molecule has 1 heterocycles. The molecule has 0 aromatic heterocycles. The highest BCUT2D eigenvalue weighted by Gasteiger charge is 2.30. The van der Waals surface area contributed by atoms with E-state index in [9.17, 15) is 29.4 Å². The molecule has 2 aromatic rings. The summed E-state index contributed by atoms with van der Waals surface area (Å²) < 4.78 is 0. The van der Waals surface area contributed by atoms with E-state index in [4.69, 9.17) is 22.9 Å². The predicted octanol–water partition coefficient (Wildman–Crippen LogP) is -2.44. The third-order valence-electron chi connectivity index (χ3n) is 6.80. The molecule has 0 saturated heterocycles. The van der Waals surface area contributed by atoms with Gasteiger partial charge in [0.2, 0.25) is 17.7 Å².